The fourth-order valence-corrected chi connectivity index (χ4v) is 6.43. The number of anilines is 1. The summed E-state index contributed by atoms with van der Waals surface area (Å²) in [6.45, 7) is 1.82. The maximum absolute atomic E-state index is 12.6. The van der Waals surface area contributed by atoms with E-state index >= 15 is 0 Å². The monoisotopic (exact) mass is 434 g/mol. The Labute approximate surface area is 173 Å². The number of thioether (sulfide) groups is 1. The number of rotatable bonds is 6. The molecule has 29 heavy (non-hydrogen) atoms. The molecule has 0 bridgehead atoms. The first-order valence-corrected chi connectivity index (χ1v) is 12.2. The molecule has 1 amide bonds. The first-order valence-electron chi connectivity index (χ1n) is 9.43. The highest BCUT2D eigenvalue weighted by molar-refractivity contribution is 7.99. The molecule has 1 N–H and O–H groups in total. The van der Waals surface area contributed by atoms with Crippen LogP contribution >= 0.6 is 11.8 Å². The van der Waals surface area contributed by atoms with Crippen LogP contribution in [0.2, 0.25) is 0 Å². The van der Waals surface area contributed by atoms with Crippen LogP contribution in [0.4, 0.5) is 5.69 Å². The van der Waals surface area contributed by atoms with Gasteiger partial charge in [0, 0.05) is 24.7 Å². The van der Waals surface area contributed by atoms with E-state index in [-0.39, 0.29) is 40.8 Å². The topological polar surface area (TPSA) is 111 Å². The third-order valence-corrected chi connectivity index (χ3v) is 8.40. The highest BCUT2D eigenvalue weighted by Crippen LogP contribution is 2.33. The summed E-state index contributed by atoms with van der Waals surface area (Å²) in [7, 11) is -1.09. The molecule has 1 saturated heterocycles. The number of hydrogen-bond acceptors (Lipinski definition) is 7. The largest absolute Gasteiger partial charge is 0.325 e. The zero-order valence-corrected chi connectivity index (χ0v) is 17.8. The van der Waals surface area contributed by atoms with Crippen LogP contribution in [0.25, 0.3) is 0 Å². The average Bonchev–Trinajstić information content (AvgIpc) is 3.30. The van der Waals surface area contributed by atoms with Crippen LogP contribution in [0.15, 0.2) is 23.4 Å². The van der Waals surface area contributed by atoms with E-state index in [1.165, 1.54) is 11.8 Å². The second kappa shape index (κ2) is 7.56. The van der Waals surface area contributed by atoms with Gasteiger partial charge in [-0.15, -0.1) is 10.2 Å². The van der Waals surface area contributed by atoms with Gasteiger partial charge >= 0.3 is 0 Å². The smallest absolute Gasteiger partial charge is 0.231 e. The van der Waals surface area contributed by atoms with Gasteiger partial charge in [-0.1, -0.05) is 11.8 Å². The van der Waals surface area contributed by atoms with E-state index in [0.29, 0.717) is 23.6 Å². The van der Waals surface area contributed by atoms with Gasteiger partial charge in [0.2, 0.25) is 5.91 Å². The molecule has 1 fully saturated rings. The summed E-state index contributed by atoms with van der Waals surface area (Å²) in [5, 5.41) is 11.8. The molecular formula is C19H22N4O4S2. The fourth-order valence-electron chi connectivity index (χ4n) is 3.74. The SMILES string of the molecule is C[C@@H]1C(=O)Nc2ccc(C(=O)CSc3nnc(C[C@@H]4CCS(=O)(=O)C4)n3C)cc21. The summed E-state index contributed by atoms with van der Waals surface area (Å²) in [6.07, 6.45) is 1.23. The predicted molar refractivity (Wildman–Crippen MR) is 110 cm³/mol. The van der Waals surface area contributed by atoms with Crippen molar-refractivity contribution in [3.63, 3.8) is 0 Å². The first-order chi connectivity index (χ1) is 13.7. The molecule has 0 unspecified atom stereocenters. The van der Waals surface area contributed by atoms with Crippen molar-refractivity contribution >= 4 is 39.0 Å². The van der Waals surface area contributed by atoms with Crippen LogP contribution in [0, 0.1) is 5.92 Å². The molecule has 0 radical (unpaired) electrons. The average molecular weight is 435 g/mol. The third-order valence-electron chi connectivity index (χ3n) is 5.55. The molecule has 2 aromatic rings. The lowest BCUT2D eigenvalue weighted by molar-refractivity contribution is -0.116. The van der Waals surface area contributed by atoms with Gasteiger partial charge in [0.15, 0.2) is 20.8 Å². The number of Topliss-reactive ketones (excluding diaryl/α,β-unsaturated/α-hetero) is 1. The first kappa shape index (κ1) is 20.1. The van der Waals surface area contributed by atoms with E-state index in [0.717, 1.165) is 17.1 Å². The Balaban J connectivity index is 1.39. The summed E-state index contributed by atoms with van der Waals surface area (Å²) in [5.41, 5.74) is 2.18. The zero-order valence-electron chi connectivity index (χ0n) is 16.2. The molecule has 8 nitrogen and oxygen atoms in total. The van der Waals surface area contributed by atoms with E-state index in [9.17, 15) is 18.0 Å². The molecule has 2 aliphatic rings. The molecule has 0 aliphatic carbocycles. The van der Waals surface area contributed by atoms with Gasteiger partial charge in [-0.05, 0) is 43.0 Å². The maximum atomic E-state index is 12.6. The molecule has 3 heterocycles. The summed E-state index contributed by atoms with van der Waals surface area (Å²) < 4.78 is 25.1. The number of nitrogens with one attached hydrogen (secondary N) is 1. The van der Waals surface area contributed by atoms with E-state index < -0.39 is 9.84 Å². The Kier molecular flexibility index (Phi) is 5.24. The molecule has 0 saturated carbocycles. The van der Waals surface area contributed by atoms with Gasteiger partial charge < -0.3 is 9.88 Å². The molecule has 0 spiro atoms. The maximum Gasteiger partial charge on any atom is 0.231 e. The molecule has 1 aromatic carbocycles. The van der Waals surface area contributed by atoms with Crippen molar-refractivity contribution in [1.29, 1.82) is 0 Å². The summed E-state index contributed by atoms with van der Waals surface area (Å²) in [4.78, 5) is 24.4. The molecule has 10 heteroatoms. The van der Waals surface area contributed by atoms with E-state index in [2.05, 4.69) is 15.5 Å². The highest BCUT2D eigenvalue weighted by atomic mass is 32.2. The zero-order chi connectivity index (χ0) is 20.8. The fraction of sp³-hybridized carbons (Fsp3) is 0.474. The van der Waals surface area contributed by atoms with Gasteiger partial charge in [-0.3, -0.25) is 9.59 Å². The van der Waals surface area contributed by atoms with Gasteiger partial charge in [-0.25, -0.2) is 8.42 Å². The number of carbonyl (C=O) groups is 2. The van der Waals surface area contributed by atoms with Crippen molar-refractivity contribution in [2.45, 2.75) is 30.8 Å². The van der Waals surface area contributed by atoms with Crippen LogP contribution in [-0.2, 0) is 28.1 Å². The molecule has 2 aliphatic heterocycles. The number of carbonyl (C=O) groups excluding carboxylic acids is 2. The summed E-state index contributed by atoms with van der Waals surface area (Å²) in [6, 6.07) is 5.27. The molecular weight excluding hydrogens is 412 g/mol. The van der Waals surface area contributed by atoms with Gasteiger partial charge in [0.1, 0.15) is 5.82 Å². The number of fused-ring (bicyclic) bond motifs is 1. The van der Waals surface area contributed by atoms with Crippen LogP contribution < -0.4 is 5.32 Å². The Morgan fingerprint density at radius 3 is 2.86 bits per heavy atom. The lowest BCUT2D eigenvalue weighted by Gasteiger charge is -2.08. The van der Waals surface area contributed by atoms with Crippen molar-refractivity contribution in [2.75, 3.05) is 22.6 Å². The third kappa shape index (κ3) is 4.09. The number of amides is 1. The van der Waals surface area contributed by atoms with Gasteiger partial charge in [-0.2, -0.15) is 0 Å². The van der Waals surface area contributed by atoms with Crippen LogP contribution in [0.5, 0.6) is 0 Å². The molecule has 1 aromatic heterocycles. The van der Waals surface area contributed by atoms with E-state index in [1.807, 2.05) is 18.5 Å². The Bertz CT molecular complexity index is 1090. The minimum Gasteiger partial charge on any atom is -0.325 e. The Morgan fingerprint density at radius 1 is 1.34 bits per heavy atom. The Hall–Kier alpha value is -2.20. The van der Waals surface area contributed by atoms with E-state index in [1.54, 1.807) is 18.2 Å². The van der Waals surface area contributed by atoms with Crippen LogP contribution in [0.1, 0.15) is 41.0 Å². The number of benzene rings is 1. The second-order valence-electron chi connectivity index (χ2n) is 7.66. The van der Waals surface area contributed by atoms with E-state index in [4.69, 9.17) is 0 Å². The number of hydrogen-bond donors (Lipinski definition) is 1. The summed E-state index contributed by atoms with van der Waals surface area (Å²) >= 11 is 1.30. The lowest BCUT2D eigenvalue weighted by Crippen LogP contribution is -2.11. The number of aromatic nitrogens is 3. The van der Waals surface area contributed by atoms with Crippen LogP contribution in [0.3, 0.4) is 0 Å². The minimum absolute atomic E-state index is 0.0456. The number of ketones is 1. The number of sulfone groups is 1. The quantitative estimate of drug-likeness (QED) is 0.545. The molecule has 4 rings (SSSR count). The van der Waals surface area contributed by atoms with Gasteiger partial charge in [0.05, 0.1) is 23.2 Å². The van der Waals surface area contributed by atoms with Crippen LogP contribution in [-0.4, -0.2) is 52.1 Å². The predicted octanol–water partition coefficient (Wildman–Crippen LogP) is 1.82. The minimum atomic E-state index is -2.92. The van der Waals surface area contributed by atoms with Crippen molar-refractivity contribution in [2.24, 2.45) is 13.0 Å². The molecule has 2 atom stereocenters. The molecule has 154 valence electrons. The normalized spacial score (nSPS) is 22.5. The number of nitrogens with zero attached hydrogens (tertiary/aromatic N) is 3. The summed E-state index contributed by atoms with van der Waals surface area (Å²) in [5.74, 6) is 1.10. The van der Waals surface area contributed by atoms with Crippen molar-refractivity contribution in [3.8, 4) is 0 Å². The highest BCUT2D eigenvalue weighted by Gasteiger charge is 2.30. The van der Waals surface area contributed by atoms with Crippen molar-refractivity contribution in [3.05, 3.63) is 35.2 Å². The van der Waals surface area contributed by atoms with Crippen molar-refractivity contribution < 1.29 is 18.0 Å². The lowest BCUT2D eigenvalue weighted by atomic mass is 9.99. The Morgan fingerprint density at radius 2 is 2.14 bits per heavy atom. The van der Waals surface area contributed by atoms with Crippen molar-refractivity contribution in [1.82, 2.24) is 14.8 Å². The second-order valence-corrected chi connectivity index (χ2v) is 10.8. The standard InChI is InChI=1S/C19H22N4O4S2/c1-11-14-8-13(3-4-15(14)20-18(11)25)16(24)9-28-19-22-21-17(23(19)2)7-12-5-6-29(26,27)10-12/h3-4,8,11-12H,5-7,9-10H2,1-2H3,(H,20,25)/t11-,12-/m0/s1. The van der Waals surface area contributed by atoms with Gasteiger partial charge in [0.25, 0.3) is 0 Å².